The van der Waals surface area contributed by atoms with Crippen LogP contribution < -0.4 is 10.2 Å². The summed E-state index contributed by atoms with van der Waals surface area (Å²) >= 11 is 0. The molecule has 3 heteroatoms. The van der Waals surface area contributed by atoms with Crippen LogP contribution in [0.4, 0.5) is 5.82 Å². The minimum atomic E-state index is 0.870. The van der Waals surface area contributed by atoms with Crippen LogP contribution in [0, 0.1) is 11.8 Å². The molecule has 1 aliphatic rings. The minimum Gasteiger partial charge on any atom is -0.359 e. The first-order valence-corrected chi connectivity index (χ1v) is 7.55. The predicted molar refractivity (Wildman–Crippen MR) is 81.5 cm³/mol. The summed E-state index contributed by atoms with van der Waals surface area (Å²) in [6.07, 6.45) is 2.38. The van der Waals surface area contributed by atoms with Crippen LogP contribution in [0.1, 0.15) is 38.4 Å². The third-order valence-electron chi connectivity index (χ3n) is 4.04. The molecule has 1 heterocycles. The second-order valence-electron chi connectivity index (χ2n) is 5.81. The molecule has 0 bridgehead atoms. The van der Waals surface area contributed by atoms with Gasteiger partial charge in [-0.3, -0.25) is 0 Å². The molecule has 1 fully saturated rings. The molecule has 1 saturated carbocycles. The lowest BCUT2D eigenvalue weighted by atomic mass is 10.2. The number of anilines is 1. The van der Waals surface area contributed by atoms with Gasteiger partial charge in [0.2, 0.25) is 0 Å². The van der Waals surface area contributed by atoms with Crippen molar-refractivity contribution < 1.29 is 0 Å². The van der Waals surface area contributed by atoms with Gasteiger partial charge in [-0.15, -0.1) is 0 Å². The highest BCUT2D eigenvalue weighted by Crippen LogP contribution is 2.38. The van der Waals surface area contributed by atoms with Gasteiger partial charge in [0, 0.05) is 25.8 Å². The van der Waals surface area contributed by atoms with E-state index in [0.29, 0.717) is 0 Å². The Balaban J connectivity index is 2.08. The van der Waals surface area contributed by atoms with Crippen molar-refractivity contribution in [3.05, 3.63) is 23.4 Å². The Morgan fingerprint density at radius 3 is 2.68 bits per heavy atom. The van der Waals surface area contributed by atoms with Gasteiger partial charge in [0.15, 0.2) is 0 Å². The van der Waals surface area contributed by atoms with E-state index in [-0.39, 0.29) is 0 Å². The van der Waals surface area contributed by atoms with E-state index in [4.69, 9.17) is 4.98 Å². The van der Waals surface area contributed by atoms with Crippen molar-refractivity contribution in [2.45, 2.75) is 40.2 Å². The summed E-state index contributed by atoms with van der Waals surface area (Å²) in [5.41, 5.74) is 2.54. The zero-order valence-corrected chi connectivity index (χ0v) is 12.7. The third-order valence-corrected chi connectivity index (χ3v) is 4.04. The van der Waals surface area contributed by atoms with E-state index in [1.807, 2.05) is 0 Å². The Kier molecular flexibility index (Phi) is 4.81. The molecular weight excluding hydrogens is 234 g/mol. The molecule has 19 heavy (non-hydrogen) atoms. The lowest BCUT2D eigenvalue weighted by Crippen LogP contribution is -2.22. The molecule has 0 amide bonds. The maximum Gasteiger partial charge on any atom is 0.128 e. The van der Waals surface area contributed by atoms with Gasteiger partial charge < -0.3 is 10.2 Å². The number of aromatic nitrogens is 1. The Labute approximate surface area is 117 Å². The minimum absolute atomic E-state index is 0.870. The summed E-state index contributed by atoms with van der Waals surface area (Å²) in [4.78, 5) is 7.09. The van der Waals surface area contributed by atoms with E-state index in [1.54, 1.807) is 0 Å². The van der Waals surface area contributed by atoms with Gasteiger partial charge in [-0.2, -0.15) is 0 Å². The van der Waals surface area contributed by atoms with Crippen LogP contribution in [-0.2, 0) is 13.0 Å². The van der Waals surface area contributed by atoms with Crippen LogP contribution >= 0.6 is 0 Å². The van der Waals surface area contributed by atoms with Crippen LogP contribution in [0.5, 0.6) is 0 Å². The fraction of sp³-hybridized carbons (Fsp3) is 0.688. The van der Waals surface area contributed by atoms with Gasteiger partial charge in [-0.1, -0.05) is 20.8 Å². The van der Waals surface area contributed by atoms with Crippen molar-refractivity contribution in [2.75, 3.05) is 25.0 Å². The first kappa shape index (κ1) is 14.3. The molecular formula is C16H27N3. The van der Waals surface area contributed by atoms with Crippen molar-refractivity contribution in [1.82, 2.24) is 10.3 Å². The van der Waals surface area contributed by atoms with Gasteiger partial charge in [-0.05, 0) is 48.9 Å². The Morgan fingerprint density at radius 1 is 1.37 bits per heavy atom. The average Bonchev–Trinajstić information content (AvgIpc) is 3.11. The molecule has 2 atom stereocenters. The van der Waals surface area contributed by atoms with Crippen LogP contribution in [0.15, 0.2) is 12.1 Å². The molecule has 1 aliphatic carbocycles. The highest BCUT2D eigenvalue weighted by Gasteiger charge is 2.33. The van der Waals surface area contributed by atoms with Gasteiger partial charge in [0.05, 0.1) is 0 Å². The lowest BCUT2D eigenvalue weighted by Gasteiger charge is -2.20. The molecule has 2 rings (SSSR count). The van der Waals surface area contributed by atoms with Crippen molar-refractivity contribution in [3.8, 4) is 0 Å². The first-order chi connectivity index (χ1) is 9.13. The average molecular weight is 261 g/mol. The Morgan fingerprint density at radius 2 is 2.11 bits per heavy atom. The molecule has 1 aromatic rings. The van der Waals surface area contributed by atoms with Crippen LogP contribution in [0.3, 0.4) is 0 Å². The Hall–Kier alpha value is -1.09. The molecule has 0 aliphatic heterocycles. The SMILES string of the molecule is CCNCc1cc(CC)nc(N(C)CC2CC2C)c1. The molecule has 2 unspecified atom stereocenters. The number of pyridine rings is 1. The van der Waals surface area contributed by atoms with Gasteiger partial charge in [-0.25, -0.2) is 4.98 Å². The van der Waals surface area contributed by atoms with E-state index >= 15 is 0 Å². The van der Waals surface area contributed by atoms with Gasteiger partial charge in [0.25, 0.3) is 0 Å². The molecule has 0 saturated heterocycles. The Bertz CT molecular complexity index is 416. The third kappa shape index (κ3) is 3.93. The fourth-order valence-corrected chi connectivity index (χ4v) is 2.48. The summed E-state index contributed by atoms with van der Waals surface area (Å²) in [5, 5.41) is 3.40. The first-order valence-electron chi connectivity index (χ1n) is 7.55. The summed E-state index contributed by atoms with van der Waals surface area (Å²) in [6, 6.07) is 4.45. The van der Waals surface area contributed by atoms with Crippen LogP contribution in [0.2, 0.25) is 0 Å². The molecule has 0 radical (unpaired) electrons. The number of nitrogens with zero attached hydrogens (tertiary/aromatic N) is 2. The quantitative estimate of drug-likeness (QED) is 0.818. The second-order valence-corrected chi connectivity index (χ2v) is 5.81. The predicted octanol–water partition coefficient (Wildman–Crippen LogP) is 2.85. The van der Waals surface area contributed by atoms with Crippen molar-refractivity contribution in [3.63, 3.8) is 0 Å². The maximum absolute atomic E-state index is 4.76. The monoisotopic (exact) mass is 261 g/mol. The molecule has 0 spiro atoms. The zero-order chi connectivity index (χ0) is 13.8. The van der Waals surface area contributed by atoms with E-state index < -0.39 is 0 Å². The highest BCUT2D eigenvalue weighted by atomic mass is 15.2. The highest BCUT2D eigenvalue weighted by molar-refractivity contribution is 5.42. The van der Waals surface area contributed by atoms with Gasteiger partial charge in [0.1, 0.15) is 5.82 Å². The normalized spacial score (nSPS) is 21.5. The van der Waals surface area contributed by atoms with Gasteiger partial charge >= 0.3 is 0 Å². The number of aryl methyl sites for hydroxylation is 1. The zero-order valence-electron chi connectivity index (χ0n) is 12.7. The summed E-state index contributed by atoms with van der Waals surface area (Å²) in [6.45, 7) is 9.74. The topological polar surface area (TPSA) is 28.2 Å². The number of rotatable bonds is 7. The van der Waals surface area contributed by atoms with E-state index in [2.05, 4.69) is 50.2 Å². The lowest BCUT2D eigenvalue weighted by molar-refractivity contribution is 0.709. The largest absolute Gasteiger partial charge is 0.359 e. The number of hydrogen-bond donors (Lipinski definition) is 1. The van der Waals surface area contributed by atoms with E-state index in [1.165, 1.54) is 17.7 Å². The molecule has 3 nitrogen and oxygen atoms in total. The van der Waals surface area contributed by atoms with Crippen molar-refractivity contribution in [1.29, 1.82) is 0 Å². The summed E-state index contributed by atoms with van der Waals surface area (Å²) < 4.78 is 0. The van der Waals surface area contributed by atoms with Crippen molar-refractivity contribution in [2.24, 2.45) is 11.8 Å². The van der Waals surface area contributed by atoms with Crippen LogP contribution in [0.25, 0.3) is 0 Å². The number of nitrogens with one attached hydrogen (secondary N) is 1. The summed E-state index contributed by atoms with van der Waals surface area (Å²) in [5.74, 6) is 2.90. The molecule has 0 aromatic carbocycles. The molecule has 1 N–H and O–H groups in total. The fourth-order valence-electron chi connectivity index (χ4n) is 2.48. The second kappa shape index (κ2) is 6.38. The summed E-state index contributed by atoms with van der Waals surface area (Å²) in [7, 11) is 2.17. The molecule has 106 valence electrons. The van der Waals surface area contributed by atoms with E-state index in [0.717, 1.165) is 43.7 Å². The van der Waals surface area contributed by atoms with Crippen molar-refractivity contribution >= 4 is 5.82 Å². The van der Waals surface area contributed by atoms with E-state index in [9.17, 15) is 0 Å². The standard InChI is InChI=1S/C16H27N3/c1-5-15-8-13(10-17-6-2)9-16(18-15)19(4)11-14-7-12(14)3/h8-9,12,14,17H,5-7,10-11H2,1-4H3. The smallest absolute Gasteiger partial charge is 0.128 e. The molecule has 1 aromatic heterocycles. The maximum atomic E-state index is 4.76. The number of hydrogen-bond acceptors (Lipinski definition) is 3. The van der Waals surface area contributed by atoms with Crippen LogP contribution in [-0.4, -0.2) is 25.1 Å².